The molecule has 0 radical (unpaired) electrons. The smallest absolute Gasteiger partial charge is 0.234 e. The third kappa shape index (κ3) is 3.75. The first kappa shape index (κ1) is 20.3. The van der Waals surface area contributed by atoms with Crippen molar-refractivity contribution < 1.29 is 14.3 Å². The third-order valence-electron chi connectivity index (χ3n) is 5.13. The molecule has 3 aromatic rings. The van der Waals surface area contributed by atoms with Crippen LogP contribution in [0, 0.1) is 0 Å². The van der Waals surface area contributed by atoms with Crippen LogP contribution in [-0.4, -0.2) is 40.6 Å². The quantitative estimate of drug-likeness (QED) is 0.603. The van der Waals surface area contributed by atoms with Gasteiger partial charge in [0.25, 0.3) is 0 Å². The van der Waals surface area contributed by atoms with E-state index in [4.69, 9.17) is 9.47 Å². The van der Waals surface area contributed by atoms with Crippen LogP contribution >= 0.6 is 11.8 Å². The molecule has 1 N–H and O–H groups in total. The van der Waals surface area contributed by atoms with Crippen LogP contribution in [0.25, 0.3) is 11.4 Å². The zero-order chi connectivity index (χ0) is 21.3. The summed E-state index contributed by atoms with van der Waals surface area (Å²) in [6.07, 6.45) is 0.884. The summed E-state index contributed by atoms with van der Waals surface area (Å²) >= 11 is 1.37. The Morgan fingerprint density at radius 2 is 1.97 bits per heavy atom. The molecule has 2 heterocycles. The molecule has 0 spiro atoms. The highest BCUT2D eigenvalue weighted by Gasteiger charge is 2.34. The molecule has 0 atom stereocenters. The molecular formula is C22H24N4O3S. The average Bonchev–Trinajstić information content (AvgIpc) is 3.17. The van der Waals surface area contributed by atoms with E-state index in [9.17, 15) is 4.79 Å². The molecule has 1 aliphatic rings. The van der Waals surface area contributed by atoms with Crippen LogP contribution in [0.4, 0.5) is 5.69 Å². The Bertz CT molecular complexity index is 1090. The Balaban J connectivity index is 1.52. The van der Waals surface area contributed by atoms with E-state index in [0.29, 0.717) is 17.2 Å². The maximum Gasteiger partial charge on any atom is 0.234 e. The van der Waals surface area contributed by atoms with Gasteiger partial charge in [-0.25, -0.2) is 0 Å². The first-order chi connectivity index (χ1) is 14.4. The lowest BCUT2D eigenvalue weighted by Gasteiger charge is -2.34. The van der Waals surface area contributed by atoms with Crippen molar-refractivity contribution in [1.29, 1.82) is 0 Å². The molecule has 1 amide bonds. The van der Waals surface area contributed by atoms with Crippen LogP contribution in [0.3, 0.4) is 0 Å². The number of carbonyl (C=O) groups excluding carboxylic acids is 1. The zero-order valence-corrected chi connectivity index (χ0v) is 18.2. The number of ether oxygens (including phenoxy) is 2. The summed E-state index contributed by atoms with van der Waals surface area (Å²) in [7, 11) is 3.15. The number of carbonyl (C=O) groups is 1. The Hall–Kier alpha value is -3.00. The van der Waals surface area contributed by atoms with Crippen molar-refractivity contribution in [3.8, 4) is 22.9 Å². The van der Waals surface area contributed by atoms with Gasteiger partial charge in [-0.15, -0.1) is 10.2 Å². The summed E-state index contributed by atoms with van der Waals surface area (Å²) in [6, 6.07) is 13.5. The lowest BCUT2D eigenvalue weighted by Crippen LogP contribution is -2.33. The summed E-state index contributed by atoms with van der Waals surface area (Å²) in [6.45, 7) is 4.34. The fourth-order valence-electron chi connectivity index (χ4n) is 3.75. The minimum absolute atomic E-state index is 0.155. The van der Waals surface area contributed by atoms with Gasteiger partial charge in [0.15, 0.2) is 11.0 Å². The van der Waals surface area contributed by atoms with Crippen molar-refractivity contribution >= 4 is 23.4 Å². The van der Waals surface area contributed by atoms with Crippen molar-refractivity contribution in [2.45, 2.75) is 31.0 Å². The summed E-state index contributed by atoms with van der Waals surface area (Å²) < 4.78 is 12.7. The topological polar surface area (TPSA) is 78.3 Å². The minimum atomic E-state index is -0.179. The number of fused-ring (bicyclic) bond motifs is 3. The molecule has 1 aliphatic heterocycles. The van der Waals surface area contributed by atoms with Gasteiger partial charge in [0.1, 0.15) is 11.5 Å². The highest BCUT2D eigenvalue weighted by molar-refractivity contribution is 7.99. The number of nitrogens with one attached hydrogen (secondary N) is 1. The molecule has 0 aliphatic carbocycles. The van der Waals surface area contributed by atoms with Crippen LogP contribution in [0.15, 0.2) is 47.6 Å². The number of amides is 1. The molecule has 0 saturated heterocycles. The minimum Gasteiger partial charge on any atom is -0.497 e. The summed E-state index contributed by atoms with van der Waals surface area (Å²) in [4.78, 5) is 12.6. The Morgan fingerprint density at radius 3 is 2.73 bits per heavy atom. The van der Waals surface area contributed by atoms with Crippen molar-refractivity contribution in [2.24, 2.45) is 0 Å². The standard InChI is InChI=1S/C22H24N4O3S/c1-22(2)12-14-7-5-6-8-16(14)20-24-25-21(26(20)22)30-13-19(27)23-17-11-15(28-3)9-10-18(17)29-4/h5-11H,12-13H2,1-4H3,(H,23,27). The second-order valence-electron chi connectivity index (χ2n) is 7.69. The van der Waals surface area contributed by atoms with E-state index in [-0.39, 0.29) is 17.2 Å². The van der Waals surface area contributed by atoms with Gasteiger partial charge in [0, 0.05) is 17.2 Å². The van der Waals surface area contributed by atoms with Crippen LogP contribution < -0.4 is 14.8 Å². The van der Waals surface area contributed by atoms with Gasteiger partial charge >= 0.3 is 0 Å². The van der Waals surface area contributed by atoms with Gasteiger partial charge in [0.05, 0.1) is 25.7 Å². The summed E-state index contributed by atoms with van der Waals surface area (Å²) in [5, 5.41) is 12.4. The van der Waals surface area contributed by atoms with E-state index >= 15 is 0 Å². The van der Waals surface area contributed by atoms with Crippen LogP contribution in [-0.2, 0) is 16.8 Å². The van der Waals surface area contributed by atoms with Gasteiger partial charge < -0.3 is 14.8 Å². The Kier molecular flexibility index (Phi) is 5.42. The normalized spacial score (nSPS) is 13.9. The number of aromatic nitrogens is 3. The highest BCUT2D eigenvalue weighted by Crippen LogP contribution is 2.39. The molecule has 0 fully saturated rings. The largest absolute Gasteiger partial charge is 0.497 e. The second-order valence-corrected chi connectivity index (χ2v) is 8.63. The van der Waals surface area contributed by atoms with Gasteiger partial charge in [0.2, 0.25) is 5.91 Å². The fraction of sp³-hybridized carbons (Fsp3) is 0.318. The predicted octanol–water partition coefficient (Wildman–Crippen LogP) is 3.98. The monoisotopic (exact) mass is 424 g/mol. The van der Waals surface area contributed by atoms with Gasteiger partial charge in [-0.3, -0.25) is 9.36 Å². The molecule has 2 aromatic carbocycles. The van der Waals surface area contributed by atoms with E-state index < -0.39 is 0 Å². The van der Waals surface area contributed by atoms with Crippen molar-refractivity contribution in [1.82, 2.24) is 14.8 Å². The number of hydrogen-bond acceptors (Lipinski definition) is 6. The molecule has 7 nitrogen and oxygen atoms in total. The van der Waals surface area contributed by atoms with E-state index in [1.54, 1.807) is 32.4 Å². The van der Waals surface area contributed by atoms with Gasteiger partial charge in [-0.05, 0) is 38.0 Å². The fourth-order valence-corrected chi connectivity index (χ4v) is 4.64. The molecule has 4 rings (SSSR count). The maximum absolute atomic E-state index is 12.6. The average molecular weight is 425 g/mol. The van der Waals surface area contributed by atoms with Crippen molar-refractivity contribution in [3.63, 3.8) is 0 Å². The number of anilines is 1. The van der Waals surface area contributed by atoms with Gasteiger partial charge in [-0.2, -0.15) is 0 Å². The van der Waals surface area contributed by atoms with E-state index in [0.717, 1.165) is 23.0 Å². The first-order valence-electron chi connectivity index (χ1n) is 9.62. The van der Waals surface area contributed by atoms with Crippen molar-refractivity contribution in [2.75, 3.05) is 25.3 Å². The number of nitrogens with zero attached hydrogens (tertiary/aromatic N) is 3. The highest BCUT2D eigenvalue weighted by atomic mass is 32.2. The Labute approximate surface area is 179 Å². The molecule has 30 heavy (non-hydrogen) atoms. The Morgan fingerprint density at radius 1 is 1.17 bits per heavy atom. The summed E-state index contributed by atoms with van der Waals surface area (Å²) in [5.41, 5.74) is 2.76. The number of rotatable bonds is 6. The maximum atomic E-state index is 12.6. The van der Waals surface area contributed by atoms with Crippen molar-refractivity contribution in [3.05, 3.63) is 48.0 Å². The number of hydrogen-bond donors (Lipinski definition) is 1. The number of methoxy groups -OCH3 is 2. The second kappa shape index (κ2) is 8.02. The number of thioether (sulfide) groups is 1. The molecule has 0 bridgehead atoms. The number of benzene rings is 2. The molecule has 1 aromatic heterocycles. The zero-order valence-electron chi connectivity index (χ0n) is 17.4. The van der Waals surface area contributed by atoms with E-state index in [2.05, 4.69) is 46.1 Å². The lowest BCUT2D eigenvalue weighted by molar-refractivity contribution is -0.113. The molecular weight excluding hydrogens is 400 g/mol. The van der Waals surface area contributed by atoms with Crippen LogP contribution in [0.1, 0.15) is 19.4 Å². The SMILES string of the molecule is COc1ccc(OC)c(NC(=O)CSc2nnc3n2C(C)(C)Cc2ccccc2-3)c1. The molecule has 0 saturated carbocycles. The molecule has 156 valence electrons. The summed E-state index contributed by atoms with van der Waals surface area (Å²) in [5.74, 6) is 2.12. The van der Waals surface area contributed by atoms with E-state index in [1.807, 2.05) is 12.1 Å². The van der Waals surface area contributed by atoms with Crippen LogP contribution in [0.2, 0.25) is 0 Å². The lowest BCUT2D eigenvalue weighted by atomic mass is 9.87. The van der Waals surface area contributed by atoms with Gasteiger partial charge in [-0.1, -0.05) is 36.0 Å². The predicted molar refractivity (Wildman–Crippen MR) is 117 cm³/mol. The molecule has 0 unspecified atom stereocenters. The third-order valence-corrected chi connectivity index (χ3v) is 6.06. The first-order valence-corrected chi connectivity index (χ1v) is 10.6. The van der Waals surface area contributed by atoms with E-state index in [1.165, 1.54) is 17.3 Å². The van der Waals surface area contributed by atoms with Crippen LogP contribution in [0.5, 0.6) is 11.5 Å². The molecule has 8 heteroatoms.